The number of rotatable bonds is 2. The third kappa shape index (κ3) is 2.56. The van der Waals surface area contributed by atoms with Crippen LogP contribution in [0.15, 0.2) is 18.3 Å². The molecule has 0 unspecified atom stereocenters. The van der Waals surface area contributed by atoms with E-state index < -0.39 is 5.91 Å². The summed E-state index contributed by atoms with van der Waals surface area (Å²) >= 11 is 0. The molecule has 88 valence electrons. The Hall–Kier alpha value is -2.02. The van der Waals surface area contributed by atoms with Crippen LogP contribution in [-0.4, -0.2) is 24.0 Å². The molecule has 1 aliphatic heterocycles. The van der Waals surface area contributed by atoms with Crippen LogP contribution in [0.3, 0.4) is 0 Å². The molecule has 0 saturated carbocycles. The molecule has 2 rings (SSSR count). The van der Waals surface area contributed by atoms with Crippen molar-refractivity contribution in [3.63, 3.8) is 0 Å². The van der Waals surface area contributed by atoms with Gasteiger partial charge in [-0.3, -0.25) is 4.79 Å². The van der Waals surface area contributed by atoms with Gasteiger partial charge >= 0.3 is 0 Å². The summed E-state index contributed by atoms with van der Waals surface area (Å²) in [6.07, 6.45) is 8.92. The summed E-state index contributed by atoms with van der Waals surface area (Å²) in [5, 5.41) is 0. The second-order valence-electron chi connectivity index (χ2n) is 4.20. The van der Waals surface area contributed by atoms with Gasteiger partial charge in [0.05, 0.1) is 5.56 Å². The highest BCUT2D eigenvalue weighted by molar-refractivity contribution is 5.92. The molecule has 1 saturated heterocycles. The minimum absolute atomic E-state index is 0.385. The van der Waals surface area contributed by atoms with Crippen LogP contribution in [0.1, 0.15) is 23.2 Å². The van der Waals surface area contributed by atoms with Crippen LogP contribution in [0.4, 0.5) is 5.82 Å². The zero-order chi connectivity index (χ0) is 12.3. The molecule has 0 spiro atoms. The Morgan fingerprint density at radius 3 is 2.65 bits per heavy atom. The van der Waals surface area contributed by atoms with Crippen LogP contribution in [0.5, 0.6) is 0 Å². The lowest BCUT2D eigenvalue weighted by molar-refractivity contribution is 0.1000. The second kappa shape index (κ2) is 4.88. The fourth-order valence-electron chi connectivity index (χ4n) is 1.99. The van der Waals surface area contributed by atoms with Crippen LogP contribution < -0.4 is 10.6 Å². The largest absolute Gasteiger partial charge is 0.366 e. The maximum atomic E-state index is 10.9. The first-order chi connectivity index (χ1) is 8.20. The quantitative estimate of drug-likeness (QED) is 0.770. The third-order valence-electron chi connectivity index (χ3n) is 3.09. The van der Waals surface area contributed by atoms with Crippen molar-refractivity contribution in [3.05, 3.63) is 23.9 Å². The number of aromatic nitrogens is 1. The zero-order valence-electron chi connectivity index (χ0n) is 9.60. The van der Waals surface area contributed by atoms with Crippen LogP contribution in [0.25, 0.3) is 0 Å². The first kappa shape index (κ1) is 11.5. The number of nitrogens with zero attached hydrogens (tertiary/aromatic N) is 2. The molecule has 4 nitrogen and oxygen atoms in total. The minimum atomic E-state index is -0.449. The van der Waals surface area contributed by atoms with Gasteiger partial charge in [-0.1, -0.05) is 0 Å². The molecule has 2 heterocycles. The molecule has 1 aromatic heterocycles. The van der Waals surface area contributed by atoms with Crippen LogP contribution in [-0.2, 0) is 0 Å². The lowest BCUT2D eigenvalue weighted by Gasteiger charge is -2.30. The fourth-order valence-corrected chi connectivity index (χ4v) is 1.99. The molecular formula is C13H15N3O. The van der Waals surface area contributed by atoms with E-state index in [9.17, 15) is 4.79 Å². The normalized spacial score (nSPS) is 16.5. The summed E-state index contributed by atoms with van der Waals surface area (Å²) in [5.41, 5.74) is 5.60. The monoisotopic (exact) mass is 229 g/mol. The van der Waals surface area contributed by atoms with E-state index in [-0.39, 0.29) is 0 Å². The number of terminal acetylenes is 1. The molecular weight excluding hydrogens is 214 g/mol. The van der Waals surface area contributed by atoms with Gasteiger partial charge in [-0.05, 0) is 25.0 Å². The smallest absolute Gasteiger partial charge is 0.250 e. The van der Waals surface area contributed by atoms with Gasteiger partial charge in [-0.25, -0.2) is 4.98 Å². The molecule has 1 aliphatic rings. The van der Waals surface area contributed by atoms with Gasteiger partial charge in [0.25, 0.3) is 0 Å². The number of hydrogen-bond acceptors (Lipinski definition) is 3. The van der Waals surface area contributed by atoms with Crippen molar-refractivity contribution in [3.8, 4) is 12.3 Å². The second-order valence-corrected chi connectivity index (χ2v) is 4.20. The van der Waals surface area contributed by atoms with Crippen LogP contribution >= 0.6 is 0 Å². The molecule has 0 aromatic carbocycles. The molecule has 1 aromatic rings. The van der Waals surface area contributed by atoms with E-state index in [4.69, 9.17) is 12.2 Å². The number of amides is 1. The summed E-state index contributed by atoms with van der Waals surface area (Å²) in [5.74, 6) is 3.61. The fraction of sp³-hybridized carbons (Fsp3) is 0.385. The van der Waals surface area contributed by atoms with Crippen LogP contribution in [0.2, 0.25) is 0 Å². The average Bonchev–Trinajstić information content (AvgIpc) is 2.39. The predicted octanol–water partition coefficient (Wildman–Crippen LogP) is 1.03. The van der Waals surface area contributed by atoms with Gasteiger partial charge in [-0.15, -0.1) is 12.3 Å². The summed E-state index contributed by atoms with van der Waals surface area (Å²) in [4.78, 5) is 17.3. The molecule has 0 atom stereocenters. The first-order valence-electron chi connectivity index (χ1n) is 5.67. The Bertz CT molecular complexity index is 439. The van der Waals surface area contributed by atoms with E-state index in [1.165, 1.54) is 6.20 Å². The van der Waals surface area contributed by atoms with Gasteiger partial charge in [0.2, 0.25) is 5.91 Å². The van der Waals surface area contributed by atoms with Gasteiger partial charge in [-0.2, -0.15) is 0 Å². The van der Waals surface area contributed by atoms with Gasteiger partial charge in [0.15, 0.2) is 0 Å². The number of nitrogens with two attached hydrogens (primary N) is 1. The SMILES string of the molecule is C#CC1CCN(c2ccc(C(N)=O)cn2)CC1. The predicted molar refractivity (Wildman–Crippen MR) is 66.5 cm³/mol. The Labute approximate surface area is 101 Å². The van der Waals surface area contributed by atoms with E-state index in [2.05, 4.69) is 15.8 Å². The highest BCUT2D eigenvalue weighted by Crippen LogP contribution is 2.21. The Morgan fingerprint density at radius 1 is 1.47 bits per heavy atom. The molecule has 4 heteroatoms. The molecule has 1 amide bonds. The summed E-state index contributed by atoms with van der Waals surface area (Å²) in [7, 11) is 0. The summed E-state index contributed by atoms with van der Waals surface area (Å²) in [6, 6.07) is 3.54. The van der Waals surface area contributed by atoms with Gasteiger partial charge < -0.3 is 10.6 Å². The Kier molecular flexibility index (Phi) is 3.29. The van der Waals surface area contributed by atoms with E-state index in [1.807, 2.05) is 6.07 Å². The van der Waals surface area contributed by atoms with Crippen molar-refractivity contribution in [1.82, 2.24) is 4.98 Å². The van der Waals surface area contributed by atoms with Gasteiger partial charge in [0, 0.05) is 25.2 Å². The number of piperidine rings is 1. The Balaban J connectivity index is 2.04. The van der Waals surface area contributed by atoms with E-state index in [0.717, 1.165) is 31.7 Å². The topological polar surface area (TPSA) is 59.2 Å². The maximum Gasteiger partial charge on any atom is 0.250 e. The van der Waals surface area contributed by atoms with E-state index >= 15 is 0 Å². The Morgan fingerprint density at radius 2 is 2.18 bits per heavy atom. The average molecular weight is 229 g/mol. The summed E-state index contributed by atoms with van der Waals surface area (Å²) < 4.78 is 0. The number of carbonyl (C=O) groups excluding carboxylic acids is 1. The van der Waals surface area contributed by atoms with Gasteiger partial charge in [0.1, 0.15) is 5.82 Å². The van der Waals surface area contributed by atoms with Crippen molar-refractivity contribution in [2.75, 3.05) is 18.0 Å². The van der Waals surface area contributed by atoms with Crippen molar-refractivity contribution < 1.29 is 4.79 Å². The number of primary amides is 1. The van der Waals surface area contributed by atoms with Crippen molar-refractivity contribution >= 4 is 11.7 Å². The number of carbonyl (C=O) groups is 1. The standard InChI is InChI=1S/C13H15N3O/c1-2-10-5-7-16(8-6-10)12-4-3-11(9-15-12)13(14)17/h1,3-4,9-10H,5-8H2,(H2,14,17). The highest BCUT2D eigenvalue weighted by Gasteiger charge is 2.18. The van der Waals surface area contributed by atoms with Crippen LogP contribution in [0, 0.1) is 18.3 Å². The minimum Gasteiger partial charge on any atom is -0.366 e. The summed E-state index contributed by atoms with van der Waals surface area (Å²) in [6.45, 7) is 1.83. The first-order valence-corrected chi connectivity index (χ1v) is 5.67. The third-order valence-corrected chi connectivity index (χ3v) is 3.09. The van der Waals surface area contributed by atoms with E-state index in [1.54, 1.807) is 6.07 Å². The number of pyridine rings is 1. The van der Waals surface area contributed by atoms with Crippen molar-refractivity contribution in [2.45, 2.75) is 12.8 Å². The number of anilines is 1. The van der Waals surface area contributed by atoms with Crippen molar-refractivity contribution in [2.24, 2.45) is 11.7 Å². The molecule has 17 heavy (non-hydrogen) atoms. The molecule has 2 N–H and O–H groups in total. The van der Waals surface area contributed by atoms with Crippen molar-refractivity contribution in [1.29, 1.82) is 0 Å². The zero-order valence-corrected chi connectivity index (χ0v) is 9.60. The molecule has 0 radical (unpaired) electrons. The maximum absolute atomic E-state index is 10.9. The van der Waals surface area contributed by atoms with E-state index in [0.29, 0.717) is 11.5 Å². The lowest BCUT2D eigenvalue weighted by Crippen LogP contribution is -2.33. The number of hydrogen-bond donors (Lipinski definition) is 1. The lowest BCUT2D eigenvalue weighted by atomic mass is 9.98. The highest BCUT2D eigenvalue weighted by atomic mass is 16.1. The molecule has 0 aliphatic carbocycles. The molecule has 0 bridgehead atoms. The molecule has 1 fully saturated rings.